The first-order valence-corrected chi connectivity index (χ1v) is 16.8. The Bertz CT molecular complexity index is 2780. The van der Waals surface area contributed by atoms with Crippen molar-refractivity contribution >= 4 is 43.7 Å². The molecule has 0 amide bonds. The molecule has 0 unspecified atom stereocenters. The fraction of sp³-hybridized carbons (Fsp3) is 0. The van der Waals surface area contributed by atoms with Crippen LogP contribution in [0.15, 0.2) is 180 Å². The van der Waals surface area contributed by atoms with E-state index in [9.17, 15) is 0 Å². The first-order valence-electron chi connectivity index (χ1n) is 16.8. The molecule has 0 saturated carbocycles. The van der Waals surface area contributed by atoms with Crippen LogP contribution < -0.4 is 0 Å². The van der Waals surface area contributed by atoms with Crippen molar-refractivity contribution in [3.05, 3.63) is 176 Å². The summed E-state index contributed by atoms with van der Waals surface area (Å²) in [7, 11) is 0. The van der Waals surface area contributed by atoms with Gasteiger partial charge in [0.2, 0.25) is 0 Å². The molecule has 50 heavy (non-hydrogen) atoms. The monoisotopic (exact) mass is 639 g/mol. The fourth-order valence-electron chi connectivity index (χ4n) is 7.27. The minimum Gasteiger partial charge on any atom is -0.453 e. The highest BCUT2D eigenvalue weighted by molar-refractivity contribution is 6.22. The maximum atomic E-state index is 7.07. The van der Waals surface area contributed by atoms with E-state index in [1.807, 2.05) is 36.4 Å². The van der Waals surface area contributed by atoms with Gasteiger partial charge in [0.15, 0.2) is 11.4 Å². The van der Waals surface area contributed by atoms with Crippen molar-refractivity contribution in [2.45, 2.75) is 0 Å². The van der Waals surface area contributed by atoms with Gasteiger partial charge >= 0.3 is 0 Å². The van der Waals surface area contributed by atoms with Gasteiger partial charge < -0.3 is 8.98 Å². The summed E-state index contributed by atoms with van der Waals surface area (Å²) in [4.78, 5) is 10.2. The van der Waals surface area contributed by atoms with Crippen LogP contribution in [-0.2, 0) is 0 Å². The highest BCUT2D eigenvalue weighted by Gasteiger charge is 2.22. The molecule has 0 atom stereocenters. The second-order valence-electron chi connectivity index (χ2n) is 12.6. The Balaban J connectivity index is 1.26. The van der Waals surface area contributed by atoms with Crippen molar-refractivity contribution in [3.8, 4) is 50.7 Å². The first kappa shape index (κ1) is 28.3. The predicted octanol–water partition coefficient (Wildman–Crippen LogP) is 12.1. The minimum atomic E-state index is 0.677. The molecule has 3 heterocycles. The Kier molecular flexibility index (Phi) is 6.46. The van der Waals surface area contributed by atoms with E-state index >= 15 is 0 Å². The lowest BCUT2D eigenvalue weighted by Gasteiger charge is -2.09. The molecule has 4 nitrogen and oxygen atoms in total. The van der Waals surface area contributed by atoms with Crippen LogP contribution in [0.5, 0.6) is 0 Å². The van der Waals surface area contributed by atoms with E-state index in [0.29, 0.717) is 5.82 Å². The summed E-state index contributed by atoms with van der Waals surface area (Å²) >= 11 is 0. The lowest BCUT2D eigenvalue weighted by atomic mass is 10.0. The maximum Gasteiger partial charge on any atom is 0.160 e. The number of rotatable bonds is 5. The Morgan fingerprint density at radius 1 is 0.400 bits per heavy atom. The molecule has 234 valence electrons. The highest BCUT2D eigenvalue weighted by Crippen LogP contribution is 2.43. The second kappa shape index (κ2) is 11.4. The van der Waals surface area contributed by atoms with Crippen LogP contribution in [0.4, 0.5) is 0 Å². The topological polar surface area (TPSA) is 43.9 Å². The van der Waals surface area contributed by atoms with E-state index < -0.39 is 0 Å². The predicted molar refractivity (Wildman–Crippen MR) is 205 cm³/mol. The van der Waals surface area contributed by atoms with Crippen molar-refractivity contribution in [1.82, 2.24) is 14.5 Å². The van der Waals surface area contributed by atoms with Crippen LogP contribution in [0.25, 0.3) is 94.5 Å². The summed E-state index contributed by atoms with van der Waals surface area (Å²) in [6, 6.07) is 61.2. The zero-order valence-corrected chi connectivity index (χ0v) is 27.0. The molecule has 0 aliphatic heterocycles. The molecule has 10 aromatic rings. The summed E-state index contributed by atoms with van der Waals surface area (Å²) in [6.45, 7) is 0. The van der Waals surface area contributed by atoms with Gasteiger partial charge in [0, 0.05) is 43.9 Å². The molecule has 0 spiro atoms. The van der Waals surface area contributed by atoms with Gasteiger partial charge in [-0.3, -0.25) is 0 Å². The van der Waals surface area contributed by atoms with Crippen molar-refractivity contribution in [3.63, 3.8) is 0 Å². The lowest BCUT2D eigenvalue weighted by molar-refractivity contribution is 0.672. The summed E-state index contributed by atoms with van der Waals surface area (Å²) in [5.74, 6) is 0.677. The van der Waals surface area contributed by atoms with Gasteiger partial charge in [0.1, 0.15) is 5.58 Å². The van der Waals surface area contributed by atoms with Crippen LogP contribution in [-0.4, -0.2) is 14.5 Å². The zero-order chi connectivity index (χ0) is 33.0. The van der Waals surface area contributed by atoms with Gasteiger partial charge in [-0.25, -0.2) is 9.97 Å². The van der Waals surface area contributed by atoms with Crippen LogP contribution in [0.2, 0.25) is 0 Å². The Morgan fingerprint density at radius 3 is 1.76 bits per heavy atom. The van der Waals surface area contributed by atoms with Gasteiger partial charge in [0.05, 0.1) is 22.4 Å². The van der Waals surface area contributed by atoms with Crippen molar-refractivity contribution in [2.75, 3.05) is 0 Å². The normalized spacial score (nSPS) is 11.6. The summed E-state index contributed by atoms with van der Waals surface area (Å²) in [5, 5.41) is 4.45. The highest BCUT2D eigenvalue weighted by atomic mass is 16.3. The van der Waals surface area contributed by atoms with Crippen LogP contribution in [0.3, 0.4) is 0 Å². The molecule has 0 fully saturated rings. The third-order valence-corrected chi connectivity index (χ3v) is 9.62. The molecule has 0 radical (unpaired) electrons. The van der Waals surface area contributed by atoms with E-state index in [-0.39, 0.29) is 0 Å². The van der Waals surface area contributed by atoms with Gasteiger partial charge in [-0.1, -0.05) is 133 Å². The Hall–Kier alpha value is -6.78. The van der Waals surface area contributed by atoms with Gasteiger partial charge in [-0.2, -0.15) is 0 Å². The number of hydrogen-bond donors (Lipinski definition) is 0. The number of hydrogen-bond acceptors (Lipinski definition) is 3. The Morgan fingerprint density at radius 2 is 1.02 bits per heavy atom. The molecule has 0 saturated heterocycles. The SMILES string of the molecule is c1ccc(-c2ccc3c(c2)c2ccc4c5cccc(-c6cc(-c7ccccc7)nc(-c7ccccc7)n6)c5oc4c2n3-c2ccccc2)cc1. The fourth-order valence-corrected chi connectivity index (χ4v) is 7.27. The first-order chi connectivity index (χ1) is 24.8. The average Bonchev–Trinajstić information content (AvgIpc) is 3.75. The molecule has 0 aliphatic rings. The summed E-state index contributed by atoms with van der Waals surface area (Å²) in [5.41, 5.74) is 11.9. The number of benzene rings is 7. The van der Waals surface area contributed by atoms with E-state index in [1.165, 1.54) is 16.5 Å². The standard InChI is InChI=1S/C46H29N3O/c1-5-14-30(15-6-1)33-24-27-42-39(28-33)35-25-26-37-36-22-13-23-38(44(36)50-45(37)43(35)49(42)34-20-11-4-12-21-34)41-29-40(31-16-7-2-8-17-31)47-46(48-41)32-18-9-3-10-19-32/h1-29H. The molecule has 0 N–H and O–H groups in total. The van der Waals surface area contributed by atoms with Crippen LogP contribution in [0.1, 0.15) is 0 Å². The smallest absolute Gasteiger partial charge is 0.160 e. The zero-order valence-electron chi connectivity index (χ0n) is 27.0. The molecule has 3 aromatic heterocycles. The van der Waals surface area contributed by atoms with Crippen LogP contribution >= 0.6 is 0 Å². The molecule has 10 rings (SSSR count). The van der Waals surface area contributed by atoms with Crippen molar-refractivity contribution in [2.24, 2.45) is 0 Å². The van der Waals surface area contributed by atoms with E-state index in [0.717, 1.165) is 72.1 Å². The second-order valence-corrected chi connectivity index (χ2v) is 12.6. The summed E-state index contributed by atoms with van der Waals surface area (Å²) in [6.07, 6.45) is 0. The van der Waals surface area contributed by atoms with E-state index in [1.54, 1.807) is 0 Å². The van der Waals surface area contributed by atoms with Crippen molar-refractivity contribution in [1.29, 1.82) is 0 Å². The van der Waals surface area contributed by atoms with Crippen molar-refractivity contribution < 1.29 is 4.42 Å². The van der Waals surface area contributed by atoms with Gasteiger partial charge in [-0.05, 0) is 53.6 Å². The Labute approximate surface area is 288 Å². The number of aromatic nitrogens is 3. The molecule has 4 heteroatoms. The summed E-state index contributed by atoms with van der Waals surface area (Å²) < 4.78 is 9.41. The van der Waals surface area contributed by atoms with E-state index in [2.05, 4.69) is 144 Å². The number of furan rings is 1. The maximum absolute atomic E-state index is 7.07. The molecule has 0 aliphatic carbocycles. The lowest BCUT2D eigenvalue weighted by Crippen LogP contribution is -1.96. The largest absolute Gasteiger partial charge is 0.453 e. The average molecular weight is 640 g/mol. The third kappa shape index (κ3) is 4.54. The molecule has 0 bridgehead atoms. The molecule has 7 aromatic carbocycles. The molecular formula is C46H29N3O. The number of nitrogens with zero attached hydrogens (tertiary/aromatic N) is 3. The van der Waals surface area contributed by atoms with Gasteiger partial charge in [-0.15, -0.1) is 0 Å². The molecular weight excluding hydrogens is 611 g/mol. The number of fused-ring (bicyclic) bond motifs is 7. The van der Waals surface area contributed by atoms with E-state index in [4.69, 9.17) is 14.4 Å². The van der Waals surface area contributed by atoms with Crippen LogP contribution in [0, 0.1) is 0 Å². The minimum absolute atomic E-state index is 0.677. The van der Waals surface area contributed by atoms with Gasteiger partial charge in [0.25, 0.3) is 0 Å². The quantitative estimate of drug-likeness (QED) is 0.188. The number of para-hydroxylation sites is 2. The third-order valence-electron chi connectivity index (χ3n) is 9.62.